The van der Waals surface area contributed by atoms with Crippen molar-refractivity contribution in [1.82, 2.24) is 20.5 Å². The molecule has 1 unspecified atom stereocenters. The second-order valence-electron chi connectivity index (χ2n) is 8.86. The number of anilines is 2. The zero-order valence-corrected chi connectivity index (χ0v) is 19.6. The number of hydrogen-bond acceptors (Lipinski definition) is 6. The van der Waals surface area contributed by atoms with Gasteiger partial charge in [-0.3, -0.25) is 14.4 Å². The number of carbonyl (C=O) groups excluding carboxylic acids is 3. The van der Waals surface area contributed by atoms with Gasteiger partial charge in [0.05, 0.1) is 30.0 Å². The van der Waals surface area contributed by atoms with Gasteiger partial charge in [-0.15, -0.1) is 0 Å². The first-order chi connectivity index (χ1) is 15.7. The molecular formula is C24H27N5O3S. The van der Waals surface area contributed by atoms with E-state index >= 15 is 0 Å². The zero-order chi connectivity index (χ0) is 23.6. The van der Waals surface area contributed by atoms with Crippen LogP contribution in [0.5, 0.6) is 0 Å². The third-order valence-corrected chi connectivity index (χ3v) is 6.20. The summed E-state index contributed by atoms with van der Waals surface area (Å²) in [7, 11) is 0. The number of Topliss-reactive ketones (excluding diaryl/α,β-unsaturated/α-hetero) is 1. The molecule has 2 aliphatic rings. The second-order valence-corrected chi connectivity index (χ2v) is 10.6. The molecule has 2 aromatic rings. The predicted molar refractivity (Wildman–Crippen MR) is 131 cm³/mol. The predicted octanol–water partition coefficient (Wildman–Crippen LogP) is 3.98. The van der Waals surface area contributed by atoms with E-state index in [0.29, 0.717) is 29.9 Å². The number of fused-ring (bicyclic) bond motifs is 1. The van der Waals surface area contributed by atoms with Crippen molar-refractivity contribution in [2.45, 2.75) is 38.2 Å². The number of para-hydroxylation sites is 1. The van der Waals surface area contributed by atoms with E-state index in [2.05, 4.69) is 20.9 Å². The summed E-state index contributed by atoms with van der Waals surface area (Å²) >= 11 is 1.22. The summed E-state index contributed by atoms with van der Waals surface area (Å²) in [6, 6.07) is 9.61. The highest BCUT2D eigenvalue weighted by molar-refractivity contribution is 8.14. The number of rotatable bonds is 5. The molecule has 9 heteroatoms. The SMILES string of the molecule is CC(C)(C)SC(=O)N1CC(=O)c2c([nH]c(C3=CC(NC=O)NC=C3)c2Nc2ccccc2)C1. The van der Waals surface area contributed by atoms with E-state index in [1.54, 1.807) is 11.1 Å². The third-order valence-electron chi connectivity index (χ3n) is 5.16. The summed E-state index contributed by atoms with van der Waals surface area (Å²) in [4.78, 5) is 42.0. The lowest BCUT2D eigenvalue weighted by Crippen LogP contribution is -2.38. The second kappa shape index (κ2) is 9.19. The van der Waals surface area contributed by atoms with Gasteiger partial charge in [0.25, 0.3) is 5.24 Å². The van der Waals surface area contributed by atoms with Gasteiger partial charge in [-0.2, -0.15) is 0 Å². The monoisotopic (exact) mass is 465 g/mol. The number of hydrogen-bond donors (Lipinski definition) is 4. The maximum atomic E-state index is 13.3. The molecule has 4 N–H and O–H groups in total. The van der Waals surface area contributed by atoms with Gasteiger partial charge in [0.1, 0.15) is 6.17 Å². The normalized spacial score (nSPS) is 17.7. The van der Waals surface area contributed by atoms with Crippen LogP contribution >= 0.6 is 11.8 Å². The van der Waals surface area contributed by atoms with E-state index in [9.17, 15) is 14.4 Å². The Hall–Kier alpha value is -3.46. The maximum Gasteiger partial charge on any atom is 0.282 e. The van der Waals surface area contributed by atoms with Gasteiger partial charge in [0, 0.05) is 21.7 Å². The fraction of sp³-hybridized carbons (Fsp3) is 0.292. The van der Waals surface area contributed by atoms with Gasteiger partial charge >= 0.3 is 0 Å². The number of allylic oxidation sites excluding steroid dienone is 2. The van der Waals surface area contributed by atoms with E-state index in [4.69, 9.17) is 0 Å². The highest BCUT2D eigenvalue weighted by Crippen LogP contribution is 2.38. The molecule has 8 nitrogen and oxygen atoms in total. The van der Waals surface area contributed by atoms with Crippen LogP contribution in [0.2, 0.25) is 0 Å². The van der Waals surface area contributed by atoms with E-state index in [1.807, 2.05) is 63.3 Å². The molecular weight excluding hydrogens is 438 g/mol. The quantitative estimate of drug-likeness (QED) is 0.498. The Labute approximate surface area is 196 Å². The topological polar surface area (TPSA) is 106 Å². The molecule has 0 fully saturated rings. The molecule has 1 aromatic heterocycles. The van der Waals surface area contributed by atoms with E-state index in [0.717, 1.165) is 17.0 Å². The molecule has 0 aliphatic carbocycles. The number of aromatic nitrogens is 1. The molecule has 3 heterocycles. The van der Waals surface area contributed by atoms with Crippen LogP contribution in [0, 0.1) is 0 Å². The summed E-state index contributed by atoms with van der Waals surface area (Å²) in [6.45, 7) is 6.27. The highest BCUT2D eigenvalue weighted by atomic mass is 32.2. The van der Waals surface area contributed by atoms with E-state index in [1.165, 1.54) is 11.8 Å². The molecule has 1 aromatic carbocycles. The number of nitrogens with zero attached hydrogens (tertiary/aromatic N) is 1. The van der Waals surface area contributed by atoms with Crippen LogP contribution in [-0.2, 0) is 11.3 Å². The van der Waals surface area contributed by atoms with Crippen molar-refractivity contribution < 1.29 is 14.4 Å². The summed E-state index contributed by atoms with van der Waals surface area (Å²) in [6.07, 6.45) is 5.75. The van der Waals surface area contributed by atoms with Crippen molar-refractivity contribution in [2.24, 2.45) is 0 Å². The van der Waals surface area contributed by atoms with Crippen molar-refractivity contribution in [3.05, 3.63) is 65.6 Å². The minimum atomic E-state index is -0.371. The number of aromatic amines is 1. The molecule has 172 valence electrons. The number of thioether (sulfide) groups is 1. The summed E-state index contributed by atoms with van der Waals surface area (Å²) in [5, 5.41) is 9.01. The van der Waals surface area contributed by atoms with Crippen LogP contribution < -0.4 is 16.0 Å². The number of carbonyl (C=O) groups is 3. The van der Waals surface area contributed by atoms with Crippen LogP contribution in [0.25, 0.3) is 5.57 Å². The first-order valence-corrected chi connectivity index (χ1v) is 11.5. The Kier molecular flexibility index (Phi) is 6.33. The molecule has 0 saturated heterocycles. The van der Waals surface area contributed by atoms with Crippen molar-refractivity contribution in [2.75, 3.05) is 11.9 Å². The summed E-state index contributed by atoms with van der Waals surface area (Å²) in [5.74, 6) is -0.124. The molecule has 0 bridgehead atoms. The Bertz CT molecular complexity index is 1130. The van der Waals surface area contributed by atoms with Gasteiger partial charge in [0.2, 0.25) is 6.41 Å². The van der Waals surface area contributed by atoms with Crippen molar-refractivity contribution >= 4 is 46.1 Å². The minimum absolute atomic E-state index is 0.0292. The smallest absolute Gasteiger partial charge is 0.282 e. The van der Waals surface area contributed by atoms with Crippen molar-refractivity contribution in [3.8, 4) is 0 Å². The number of dihydropyridines is 1. The fourth-order valence-corrected chi connectivity index (χ4v) is 4.58. The number of benzene rings is 1. The molecule has 0 radical (unpaired) electrons. The van der Waals surface area contributed by atoms with Crippen molar-refractivity contribution in [3.63, 3.8) is 0 Å². The zero-order valence-electron chi connectivity index (χ0n) is 18.8. The van der Waals surface area contributed by atoms with Gasteiger partial charge in [0.15, 0.2) is 5.78 Å². The summed E-state index contributed by atoms with van der Waals surface area (Å²) < 4.78 is -0.243. The molecule has 0 spiro atoms. The Morgan fingerprint density at radius 2 is 1.97 bits per heavy atom. The largest absolute Gasteiger partial charge is 0.368 e. The standard InChI is InChI=1S/C24H27N5O3S/c1-24(2,3)33-23(32)29-12-17-20(18(31)13-29)22(27-16-7-5-4-6-8-16)21(28-17)15-9-10-25-19(11-15)26-14-30/h4-11,14,19,25,27-28H,12-13H2,1-3H3,(H,26,30). The highest BCUT2D eigenvalue weighted by Gasteiger charge is 2.34. The lowest BCUT2D eigenvalue weighted by atomic mass is 10.0. The molecule has 2 amide bonds. The van der Waals surface area contributed by atoms with Gasteiger partial charge in [-0.1, -0.05) is 50.7 Å². The van der Waals surface area contributed by atoms with Gasteiger partial charge < -0.3 is 25.8 Å². The van der Waals surface area contributed by atoms with Gasteiger partial charge in [-0.25, -0.2) is 0 Å². The first kappa shape index (κ1) is 22.7. The Morgan fingerprint density at radius 1 is 1.21 bits per heavy atom. The molecule has 33 heavy (non-hydrogen) atoms. The molecule has 1 atom stereocenters. The lowest BCUT2D eigenvalue weighted by Gasteiger charge is -2.28. The average molecular weight is 466 g/mol. The summed E-state index contributed by atoms with van der Waals surface area (Å²) in [5.41, 5.74) is 4.30. The maximum absolute atomic E-state index is 13.3. The third kappa shape index (κ3) is 5.14. The van der Waals surface area contributed by atoms with Crippen LogP contribution in [0.1, 0.15) is 42.5 Å². The molecule has 2 aliphatic heterocycles. The fourth-order valence-electron chi connectivity index (χ4n) is 3.80. The van der Waals surface area contributed by atoms with E-state index in [-0.39, 0.29) is 28.5 Å². The van der Waals surface area contributed by atoms with Crippen molar-refractivity contribution in [1.29, 1.82) is 0 Å². The van der Waals surface area contributed by atoms with Crippen LogP contribution in [0.3, 0.4) is 0 Å². The number of amides is 2. The lowest BCUT2D eigenvalue weighted by molar-refractivity contribution is -0.110. The number of ketones is 1. The van der Waals surface area contributed by atoms with Gasteiger partial charge in [-0.05, 0) is 30.5 Å². The first-order valence-electron chi connectivity index (χ1n) is 10.7. The number of H-pyrrole nitrogens is 1. The van der Waals surface area contributed by atoms with Crippen LogP contribution in [0.15, 0.2) is 48.7 Å². The Morgan fingerprint density at radius 3 is 2.67 bits per heavy atom. The average Bonchev–Trinajstić information content (AvgIpc) is 3.12. The molecule has 0 saturated carbocycles. The minimum Gasteiger partial charge on any atom is -0.368 e. The molecule has 4 rings (SSSR count). The van der Waals surface area contributed by atoms with Crippen LogP contribution in [0.4, 0.5) is 16.2 Å². The van der Waals surface area contributed by atoms with E-state index < -0.39 is 0 Å². The Balaban J connectivity index is 1.74. The van der Waals surface area contributed by atoms with Crippen LogP contribution in [-0.4, -0.2) is 44.8 Å². The number of nitrogens with one attached hydrogen (secondary N) is 4.